The van der Waals surface area contributed by atoms with Gasteiger partial charge in [-0.05, 0) is 32.0 Å². The quantitative estimate of drug-likeness (QED) is 0.809. The Hall–Kier alpha value is -1.77. The van der Waals surface area contributed by atoms with Crippen molar-refractivity contribution < 1.29 is 0 Å². The molecule has 0 bridgehead atoms. The lowest BCUT2D eigenvalue weighted by molar-refractivity contribution is 0.835. The average Bonchev–Trinajstić information content (AvgIpc) is 2.57. The van der Waals surface area contributed by atoms with E-state index >= 15 is 0 Å². The molecule has 0 spiro atoms. The largest absolute Gasteiger partial charge is 0.386 e. The number of rotatable bonds is 2. The Morgan fingerprint density at radius 1 is 1.20 bits per heavy atom. The molecule has 0 amide bonds. The standard InChI is InChI=1S/C12H15N3/c1-9-8-10(2)15(14-9)12-7-5-4-6-11(12)13-3/h4-8,13H,1-3H3. The Labute approximate surface area is 89.7 Å². The number of hydrogen-bond acceptors (Lipinski definition) is 2. The van der Waals surface area contributed by atoms with E-state index in [1.807, 2.05) is 36.9 Å². The molecule has 3 nitrogen and oxygen atoms in total. The first-order chi connectivity index (χ1) is 7.22. The highest BCUT2D eigenvalue weighted by atomic mass is 15.3. The molecule has 1 aromatic carbocycles. The number of aromatic nitrogens is 2. The number of anilines is 1. The van der Waals surface area contributed by atoms with Crippen LogP contribution in [0.5, 0.6) is 0 Å². The van der Waals surface area contributed by atoms with Crippen LogP contribution in [0.3, 0.4) is 0 Å². The SMILES string of the molecule is CNc1ccccc1-n1nc(C)cc1C. The smallest absolute Gasteiger partial charge is 0.0879 e. The van der Waals surface area contributed by atoms with Crippen LogP contribution in [0.4, 0.5) is 5.69 Å². The van der Waals surface area contributed by atoms with Crippen molar-refractivity contribution in [2.24, 2.45) is 0 Å². The predicted octanol–water partition coefficient (Wildman–Crippen LogP) is 2.53. The highest BCUT2D eigenvalue weighted by Crippen LogP contribution is 2.20. The predicted molar refractivity (Wildman–Crippen MR) is 62.6 cm³/mol. The Morgan fingerprint density at radius 3 is 2.53 bits per heavy atom. The second-order valence-corrected chi connectivity index (χ2v) is 3.61. The molecule has 0 radical (unpaired) electrons. The van der Waals surface area contributed by atoms with Gasteiger partial charge in [0.1, 0.15) is 0 Å². The zero-order valence-corrected chi connectivity index (χ0v) is 9.28. The van der Waals surface area contributed by atoms with Crippen LogP contribution in [0.1, 0.15) is 11.4 Å². The van der Waals surface area contributed by atoms with Crippen LogP contribution in [-0.4, -0.2) is 16.8 Å². The Balaban J connectivity index is 2.58. The summed E-state index contributed by atoms with van der Waals surface area (Å²) in [7, 11) is 1.92. The van der Waals surface area contributed by atoms with Gasteiger partial charge < -0.3 is 5.32 Å². The van der Waals surface area contributed by atoms with E-state index in [0.717, 1.165) is 22.8 Å². The van der Waals surface area contributed by atoms with Crippen molar-refractivity contribution in [3.05, 3.63) is 41.7 Å². The summed E-state index contributed by atoms with van der Waals surface area (Å²) in [6.07, 6.45) is 0. The Bertz CT molecular complexity index is 471. The second kappa shape index (κ2) is 3.77. The third-order valence-corrected chi connectivity index (χ3v) is 2.41. The summed E-state index contributed by atoms with van der Waals surface area (Å²) in [4.78, 5) is 0. The highest BCUT2D eigenvalue weighted by molar-refractivity contribution is 5.60. The van der Waals surface area contributed by atoms with Crippen molar-refractivity contribution in [3.63, 3.8) is 0 Å². The molecule has 0 saturated carbocycles. The summed E-state index contributed by atoms with van der Waals surface area (Å²) in [6, 6.07) is 10.2. The van der Waals surface area contributed by atoms with Crippen LogP contribution in [0.15, 0.2) is 30.3 Å². The first-order valence-corrected chi connectivity index (χ1v) is 5.03. The molecule has 3 heteroatoms. The van der Waals surface area contributed by atoms with E-state index in [1.54, 1.807) is 0 Å². The minimum atomic E-state index is 1.04. The minimum absolute atomic E-state index is 1.04. The van der Waals surface area contributed by atoms with Gasteiger partial charge in [-0.2, -0.15) is 5.10 Å². The van der Waals surface area contributed by atoms with Crippen molar-refractivity contribution >= 4 is 5.69 Å². The zero-order valence-electron chi connectivity index (χ0n) is 9.28. The number of nitrogens with one attached hydrogen (secondary N) is 1. The molecule has 1 aromatic heterocycles. The van der Waals surface area contributed by atoms with E-state index in [9.17, 15) is 0 Å². The molecule has 0 aliphatic rings. The van der Waals surface area contributed by atoms with Crippen LogP contribution in [0.2, 0.25) is 0 Å². The lowest BCUT2D eigenvalue weighted by atomic mass is 10.2. The number of para-hydroxylation sites is 2. The maximum atomic E-state index is 4.47. The molecule has 0 atom stereocenters. The number of aryl methyl sites for hydroxylation is 2. The van der Waals surface area contributed by atoms with Crippen LogP contribution in [0, 0.1) is 13.8 Å². The maximum absolute atomic E-state index is 4.47. The lowest BCUT2D eigenvalue weighted by Gasteiger charge is -2.10. The van der Waals surface area contributed by atoms with E-state index in [0.29, 0.717) is 0 Å². The fourth-order valence-electron chi connectivity index (χ4n) is 1.74. The molecule has 2 rings (SSSR count). The first kappa shape index (κ1) is 9.77. The minimum Gasteiger partial charge on any atom is -0.386 e. The zero-order chi connectivity index (χ0) is 10.8. The molecule has 15 heavy (non-hydrogen) atoms. The van der Waals surface area contributed by atoms with Crippen molar-refractivity contribution in [1.29, 1.82) is 0 Å². The Morgan fingerprint density at radius 2 is 1.93 bits per heavy atom. The van der Waals surface area contributed by atoms with Gasteiger partial charge in [-0.25, -0.2) is 4.68 Å². The van der Waals surface area contributed by atoms with E-state index in [4.69, 9.17) is 0 Å². The summed E-state index contributed by atoms with van der Waals surface area (Å²) in [6.45, 7) is 4.07. The molecule has 0 aliphatic carbocycles. The number of hydrogen-bond donors (Lipinski definition) is 1. The van der Waals surface area contributed by atoms with E-state index < -0.39 is 0 Å². The van der Waals surface area contributed by atoms with Gasteiger partial charge in [0, 0.05) is 12.7 Å². The fraction of sp³-hybridized carbons (Fsp3) is 0.250. The van der Waals surface area contributed by atoms with Crippen molar-refractivity contribution in [1.82, 2.24) is 9.78 Å². The van der Waals surface area contributed by atoms with Gasteiger partial charge in [-0.3, -0.25) is 0 Å². The summed E-state index contributed by atoms with van der Waals surface area (Å²) >= 11 is 0. The van der Waals surface area contributed by atoms with Gasteiger partial charge in [0.05, 0.1) is 17.1 Å². The number of nitrogens with zero attached hydrogens (tertiary/aromatic N) is 2. The maximum Gasteiger partial charge on any atom is 0.0879 e. The molecule has 2 aromatic rings. The van der Waals surface area contributed by atoms with Gasteiger partial charge in [-0.1, -0.05) is 12.1 Å². The molecule has 0 aliphatic heterocycles. The summed E-state index contributed by atoms with van der Waals surface area (Å²) in [5, 5.41) is 7.64. The van der Waals surface area contributed by atoms with Gasteiger partial charge in [-0.15, -0.1) is 0 Å². The van der Waals surface area contributed by atoms with E-state index in [1.165, 1.54) is 0 Å². The third kappa shape index (κ3) is 1.73. The molecule has 0 fully saturated rings. The third-order valence-electron chi connectivity index (χ3n) is 2.41. The molecule has 1 N–H and O–H groups in total. The van der Waals surface area contributed by atoms with Crippen molar-refractivity contribution in [3.8, 4) is 5.69 Å². The normalized spacial score (nSPS) is 10.3. The van der Waals surface area contributed by atoms with Crippen LogP contribution in [0.25, 0.3) is 5.69 Å². The summed E-state index contributed by atoms with van der Waals surface area (Å²) < 4.78 is 1.96. The van der Waals surface area contributed by atoms with Gasteiger partial charge >= 0.3 is 0 Å². The van der Waals surface area contributed by atoms with Crippen molar-refractivity contribution in [2.45, 2.75) is 13.8 Å². The lowest BCUT2D eigenvalue weighted by Crippen LogP contribution is -2.03. The average molecular weight is 201 g/mol. The first-order valence-electron chi connectivity index (χ1n) is 5.03. The molecule has 78 valence electrons. The van der Waals surface area contributed by atoms with E-state index in [2.05, 4.69) is 29.5 Å². The molecular formula is C12H15N3. The van der Waals surface area contributed by atoms with Gasteiger partial charge in [0.25, 0.3) is 0 Å². The second-order valence-electron chi connectivity index (χ2n) is 3.61. The van der Waals surface area contributed by atoms with Crippen LogP contribution < -0.4 is 5.32 Å². The molecular weight excluding hydrogens is 186 g/mol. The molecule has 0 unspecified atom stereocenters. The summed E-state index contributed by atoms with van der Waals surface area (Å²) in [5.74, 6) is 0. The molecule has 1 heterocycles. The summed E-state index contributed by atoms with van der Waals surface area (Å²) in [5.41, 5.74) is 4.36. The fourth-order valence-corrected chi connectivity index (χ4v) is 1.74. The monoisotopic (exact) mass is 201 g/mol. The van der Waals surface area contributed by atoms with E-state index in [-0.39, 0.29) is 0 Å². The van der Waals surface area contributed by atoms with Crippen LogP contribution in [-0.2, 0) is 0 Å². The Kier molecular flexibility index (Phi) is 2.46. The number of benzene rings is 1. The topological polar surface area (TPSA) is 29.9 Å². The highest BCUT2D eigenvalue weighted by Gasteiger charge is 2.06. The van der Waals surface area contributed by atoms with Gasteiger partial charge in [0.2, 0.25) is 0 Å². The van der Waals surface area contributed by atoms with Crippen LogP contribution >= 0.6 is 0 Å². The molecule has 0 saturated heterocycles. The van der Waals surface area contributed by atoms with Crippen molar-refractivity contribution in [2.75, 3.05) is 12.4 Å². The van der Waals surface area contributed by atoms with Gasteiger partial charge in [0.15, 0.2) is 0 Å².